The molecule has 0 bridgehead atoms. The number of rotatable bonds is 3. The van der Waals surface area contributed by atoms with Gasteiger partial charge in [-0.3, -0.25) is 9.89 Å². The van der Waals surface area contributed by atoms with E-state index in [0.29, 0.717) is 6.42 Å². The molecule has 1 fully saturated rings. The van der Waals surface area contributed by atoms with E-state index in [1.54, 1.807) is 0 Å². The van der Waals surface area contributed by atoms with Crippen molar-refractivity contribution in [3.8, 4) is 0 Å². The highest BCUT2D eigenvalue weighted by Crippen LogP contribution is 2.19. The van der Waals surface area contributed by atoms with Crippen molar-refractivity contribution in [2.45, 2.75) is 52.0 Å². The van der Waals surface area contributed by atoms with Crippen molar-refractivity contribution >= 4 is 5.91 Å². The lowest BCUT2D eigenvalue weighted by Crippen LogP contribution is -2.43. The van der Waals surface area contributed by atoms with E-state index in [-0.39, 0.29) is 18.6 Å². The van der Waals surface area contributed by atoms with Crippen molar-refractivity contribution < 1.29 is 9.90 Å². The number of aryl methyl sites for hydroxylation is 2. The van der Waals surface area contributed by atoms with Gasteiger partial charge in [-0.2, -0.15) is 5.10 Å². The number of hydrogen-bond donors (Lipinski definition) is 2. The zero-order chi connectivity index (χ0) is 13.8. The Kier molecular flexibility index (Phi) is 4.58. The molecule has 0 aliphatic carbocycles. The van der Waals surface area contributed by atoms with Crippen LogP contribution in [-0.4, -0.2) is 45.3 Å². The average Bonchev–Trinajstić information content (AvgIpc) is 2.63. The Morgan fingerprint density at radius 2 is 2.21 bits per heavy atom. The van der Waals surface area contributed by atoms with Crippen LogP contribution in [0.3, 0.4) is 0 Å². The Morgan fingerprint density at radius 1 is 1.42 bits per heavy atom. The minimum absolute atomic E-state index is 0.0116. The van der Waals surface area contributed by atoms with Gasteiger partial charge in [0.2, 0.25) is 5.91 Å². The van der Waals surface area contributed by atoms with Gasteiger partial charge in [0.1, 0.15) is 0 Å². The van der Waals surface area contributed by atoms with E-state index in [1.807, 2.05) is 18.7 Å². The molecule has 1 aliphatic heterocycles. The Balaban J connectivity index is 2.09. The summed E-state index contributed by atoms with van der Waals surface area (Å²) in [6.45, 7) is 4.68. The SMILES string of the molecule is Cc1n[nH]c(C)c1CC(=O)N1CCCCCC1CO. The normalized spacial score (nSPS) is 20.4. The number of hydrogen-bond acceptors (Lipinski definition) is 3. The lowest BCUT2D eigenvalue weighted by Gasteiger charge is -2.28. The molecule has 1 amide bonds. The van der Waals surface area contributed by atoms with Crippen LogP contribution in [0.1, 0.15) is 42.6 Å². The quantitative estimate of drug-likeness (QED) is 0.866. The summed E-state index contributed by atoms with van der Waals surface area (Å²) in [5.74, 6) is 0.105. The standard InChI is InChI=1S/C14H23N3O2/c1-10-13(11(2)16-15-10)8-14(19)17-7-5-3-4-6-12(17)9-18/h12,18H,3-9H2,1-2H3,(H,15,16). The van der Waals surface area contributed by atoms with E-state index in [0.717, 1.165) is 49.2 Å². The van der Waals surface area contributed by atoms with Gasteiger partial charge < -0.3 is 10.0 Å². The topological polar surface area (TPSA) is 69.2 Å². The summed E-state index contributed by atoms with van der Waals surface area (Å²) in [6, 6.07) is -0.0116. The summed E-state index contributed by atoms with van der Waals surface area (Å²) < 4.78 is 0. The van der Waals surface area contributed by atoms with Gasteiger partial charge in [0, 0.05) is 17.8 Å². The van der Waals surface area contributed by atoms with Crippen molar-refractivity contribution in [2.24, 2.45) is 0 Å². The van der Waals surface area contributed by atoms with Gasteiger partial charge in [0.05, 0.1) is 24.8 Å². The Labute approximate surface area is 114 Å². The molecular formula is C14H23N3O2. The maximum absolute atomic E-state index is 12.5. The molecule has 1 atom stereocenters. The fourth-order valence-corrected chi connectivity index (χ4v) is 2.78. The van der Waals surface area contributed by atoms with Gasteiger partial charge in [0.15, 0.2) is 0 Å². The third-order valence-electron chi connectivity index (χ3n) is 4.02. The minimum Gasteiger partial charge on any atom is -0.394 e. The van der Waals surface area contributed by atoms with Crippen molar-refractivity contribution in [3.63, 3.8) is 0 Å². The van der Waals surface area contributed by atoms with Crippen molar-refractivity contribution in [3.05, 3.63) is 17.0 Å². The van der Waals surface area contributed by atoms with Gasteiger partial charge in [-0.15, -0.1) is 0 Å². The van der Waals surface area contributed by atoms with Crippen molar-refractivity contribution in [2.75, 3.05) is 13.2 Å². The Morgan fingerprint density at radius 3 is 2.84 bits per heavy atom. The van der Waals surface area contributed by atoms with Gasteiger partial charge in [-0.25, -0.2) is 0 Å². The van der Waals surface area contributed by atoms with Crippen LogP contribution in [0.25, 0.3) is 0 Å². The third-order valence-corrected chi connectivity index (χ3v) is 4.02. The van der Waals surface area contributed by atoms with Crippen LogP contribution in [0, 0.1) is 13.8 Å². The number of aromatic nitrogens is 2. The third kappa shape index (κ3) is 3.15. The molecule has 1 aliphatic rings. The molecule has 1 unspecified atom stereocenters. The molecule has 5 heteroatoms. The zero-order valence-corrected chi connectivity index (χ0v) is 11.8. The molecule has 1 aromatic rings. The number of aliphatic hydroxyl groups excluding tert-OH is 1. The van der Waals surface area contributed by atoms with E-state index in [4.69, 9.17) is 0 Å². The first-order valence-electron chi connectivity index (χ1n) is 7.04. The number of nitrogens with zero attached hydrogens (tertiary/aromatic N) is 2. The molecular weight excluding hydrogens is 242 g/mol. The van der Waals surface area contributed by atoms with Gasteiger partial charge in [-0.1, -0.05) is 12.8 Å². The van der Waals surface area contributed by atoms with Gasteiger partial charge >= 0.3 is 0 Å². The van der Waals surface area contributed by atoms with Gasteiger partial charge in [0.25, 0.3) is 0 Å². The van der Waals surface area contributed by atoms with E-state index in [2.05, 4.69) is 10.2 Å². The first-order chi connectivity index (χ1) is 9.13. The summed E-state index contributed by atoms with van der Waals surface area (Å²) in [7, 11) is 0. The number of H-pyrrole nitrogens is 1. The second-order valence-electron chi connectivity index (χ2n) is 5.36. The first-order valence-corrected chi connectivity index (χ1v) is 7.04. The van der Waals surface area contributed by atoms with Crippen LogP contribution in [0.2, 0.25) is 0 Å². The van der Waals surface area contributed by atoms with E-state index < -0.39 is 0 Å². The molecule has 2 N–H and O–H groups in total. The zero-order valence-electron chi connectivity index (χ0n) is 11.8. The van der Waals surface area contributed by atoms with Gasteiger partial charge in [-0.05, 0) is 26.7 Å². The van der Waals surface area contributed by atoms with E-state index in [1.165, 1.54) is 0 Å². The maximum atomic E-state index is 12.5. The Bertz CT molecular complexity index is 422. The van der Waals surface area contributed by atoms with Crippen LogP contribution in [-0.2, 0) is 11.2 Å². The highest BCUT2D eigenvalue weighted by Gasteiger charge is 2.25. The maximum Gasteiger partial charge on any atom is 0.227 e. The number of amides is 1. The predicted octanol–water partition coefficient (Wildman–Crippen LogP) is 1.33. The molecule has 19 heavy (non-hydrogen) atoms. The van der Waals surface area contributed by atoms with Crippen molar-refractivity contribution in [1.29, 1.82) is 0 Å². The van der Waals surface area contributed by atoms with Crippen LogP contribution < -0.4 is 0 Å². The van der Waals surface area contributed by atoms with Crippen LogP contribution in [0.5, 0.6) is 0 Å². The van der Waals surface area contributed by atoms with Crippen LogP contribution in [0.4, 0.5) is 0 Å². The summed E-state index contributed by atoms with van der Waals surface area (Å²) in [4.78, 5) is 14.3. The molecule has 106 valence electrons. The predicted molar refractivity (Wildman–Crippen MR) is 72.8 cm³/mol. The number of likely N-dealkylation sites (tertiary alicyclic amines) is 1. The number of aromatic amines is 1. The lowest BCUT2D eigenvalue weighted by atomic mass is 10.1. The molecule has 1 aromatic heterocycles. The monoisotopic (exact) mass is 265 g/mol. The molecule has 0 saturated carbocycles. The summed E-state index contributed by atoms with van der Waals surface area (Å²) >= 11 is 0. The molecule has 0 radical (unpaired) electrons. The summed E-state index contributed by atoms with van der Waals surface area (Å²) in [6.07, 6.45) is 4.56. The second kappa shape index (κ2) is 6.19. The smallest absolute Gasteiger partial charge is 0.227 e. The molecule has 0 spiro atoms. The molecule has 5 nitrogen and oxygen atoms in total. The van der Waals surface area contributed by atoms with Crippen molar-refractivity contribution in [1.82, 2.24) is 15.1 Å². The number of carbonyl (C=O) groups is 1. The Hall–Kier alpha value is -1.36. The summed E-state index contributed by atoms with van der Waals surface area (Å²) in [5, 5.41) is 16.5. The molecule has 2 rings (SSSR count). The largest absolute Gasteiger partial charge is 0.394 e. The van der Waals surface area contributed by atoms with Crippen LogP contribution >= 0.6 is 0 Å². The highest BCUT2D eigenvalue weighted by atomic mass is 16.3. The lowest BCUT2D eigenvalue weighted by molar-refractivity contribution is -0.133. The fourth-order valence-electron chi connectivity index (χ4n) is 2.78. The number of aliphatic hydroxyl groups is 1. The number of nitrogens with one attached hydrogen (secondary N) is 1. The molecule has 2 heterocycles. The average molecular weight is 265 g/mol. The number of carbonyl (C=O) groups excluding carboxylic acids is 1. The summed E-state index contributed by atoms with van der Waals surface area (Å²) in [5.41, 5.74) is 2.84. The van der Waals surface area contributed by atoms with E-state index in [9.17, 15) is 9.90 Å². The molecule has 0 aromatic carbocycles. The fraction of sp³-hybridized carbons (Fsp3) is 0.714. The molecule has 1 saturated heterocycles. The van der Waals surface area contributed by atoms with Crippen LogP contribution in [0.15, 0.2) is 0 Å². The van der Waals surface area contributed by atoms with E-state index >= 15 is 0 Å². The highest BCUT2D eigenvalue weighted by molar-refractivity contribution is 5.79. The first kappa shape index (κ1) is 14.1. The second-order valence-corrected chi connectivity index (χ2v) is 5.36. The minimum atomic E-state index is -0.0116.